The van der Waals surface area contributed by atoms with Gasteiger partial charge in [-0.05, 0) is 24.3 Å². The van der Waals surface area contributed by atoms with Crippen molar-refractivity contribution in [1.82, 2.24) is 15.1 Å². The summed E-state index contributed by atoms with van der Waals surface area (Å²) in [6.07, 6.45) is 0. The molecule has 0 bridgehead atoms. The predicted octanol–water partition coefficient (Wildman–Crippen LogP) is 4.32. The monoisotopic (exact) mass is 361 g/mol. The maximum Gasteiger partial charge on any atom is 0.257 e. The van der Waals surface area contributed by atoms with E-state index in [1.54, 1.807) is 25.2 Å². The van der Waals surface area contributed by atoms with Crippen molar-refractivity contribution < 1.29 is 9.21 Å². The van der Waals surface area contributed by atoms with E-state index in [0.717, 1.165) is 5.56 Å². The molecular weight excluding hydrogens is 349 g/mol. The van der Waals surface area contributed by atoms with Crippen molar-refractivity contribution in [3.05, 3.63) is 70.0 Å². The van der Waals surface area contributed by atoms with Crippen molar-refractivity contribution in [2.75, 3.05) is 7.05 Å². The van der Waals surface area contributed by atoms with Crippen LogP contribution in [0, 0.1) is 0 Å². The van der Waals surface area contributed by atoms with Gasteiger partial charge in [-0.2, -0.15) is 0 Å². The zero-order valence-electron chi connectivity index (χ0n) is 12.7. The van der Waals surface area contributed by atoms with E-state index < -0.39 is 0 Å². The molecule has 3 aromatic rings. The molecule has 0 saturated heterocycles. The van der Waals surface area contributed by atoms with Gasteiger partial charge in [0.25, 0.3) is 5.91 Å². The highest BCUT2D eigenvalue weighted by molar-refractivity contribution is 6.39. The second kappa shape index (κ2) is 7.03. The van der Waals surface area contributed by atoms with Crippen molar-refractivity contribution in [2.45, 2.75) is 6.54 Å². The van der Waals surface area contributed by atoms with Gasteiger partial charge in [0.05, 0.1) is 22.2 Å². The van der Waals surface area contributed by atoms with E-state index in [4.69, 9.17) is 27.6 Å². The smallest absolute Gasteiger partial charge is 0.257 e. The summed E-state index contributed by atoms with van der Waals surface area (Å²) in [7, 11) is 1.62. The summed E-state index contributed by atoms with van der Waals surface area (Å²) < 4.78 is 5.60. The third kappa shape index (κ3) is 3.42. The molecule has 2 aromatic carbocycles. The summed E-state index contributed by atoms with van der Waals surface area (Å²) >= 11 is 12.1. The molecule has 0 spiro atoms. The maximum atomic E-state index is 12.5. The van der Waals surface area contributed by atoms with Gasteiger partial charge in [-0.3, -0.25) is 4.79 Å². The zero-order valence-corrected chi connectivity index (χ0v) is 14.3. The van der Waals surface area contributed by atoms with Crippen LogP contribution in [0.4, 0.5) is 0 Å². The minimum atomic E-state index is -0.315. The minimum absolute atomic E-state index is 0.153. The van der Waals surface area contributed by atoms with Gasteiger partial charge in [-0.25, -0.2) is 0 Å². The largest absolute Gasteiger partial charge is 0.419 e. The number of carbonyl (C=O) groups is 1. The molecule has 1 amide bonds. The van der Waals surface area contributed by atoms with Crippen LogP contribution < -0.4 is 0 Å². The van der Waals surface area contributed by atoms with Crippen LogP contribution in [0.25, 0.3) is 11.5 Å². The van der Waals surface area contributed by atoms with Crippen molar-refractivity contribution in [3.8, 4) is 11.5 Å². The number of aromatic nitrogens is 2. The Kier molecular flexibility index (Phi) is 4.83. The van der Waals surface area contributed by atoms with Crippen molar-refractivity contribution in [1.29, 1.82) is 0 Å². The van der Waals surface area contributed by atoms with Gasteiger partial charge in [0, 0.05) is 12.6 Å². The Morgan fingerprint density at radius 1 is 1.04 bits per heavy atom. The highest BCUT2D eigenvalue weighted by atomic mass is 35.5. The Morgan fingerprint density at radius 2 is 1.71 bits per heavy atom. The van der Waals surface area contributed by atoms with Gasteiger partial charge in [-0.1, -0.05) is 47.5 Å². The molecule has 0 atom stereocenters. The lowest BCUT2D eigenvalue weighted by atomic mass is 10.2. The lowest BCUT2D eigenvalue weighted by Crippen LogP contribution is -2.27. The molecule has 5 nitrogen and oxygen atoms in total. The molecule has 7 heteroatoms. The third-order valence-electron chi connectivity index (χ3n) is 3.38. The molecule has 0 aliphatic heterocycles. The first-order valence-electron chi connectivity index (χ1n) is 7.13. The number of amides is 1. The first-order valence-corrected chi connectivity index (χ1v) is 7.89. The van der Waals surface area contributed by atoms with Crippen LogP contribution in [-0.2, 0) is 6.54 Å². The van der Waals surface area contributed by atoms with Gasteiger partial charge in [0.15, 0.2) is 0 Å². The lowest BCUT2D eigenvalue weighted by molar-refractivity contribution is 0.0773. The second-order valence-electron chi connectivity index (χ2n) is 5.12. The molecule has 0 fully saturated rings. The SMILES string of the molecule is CN(Cc1nnc(-c2ccccc2)o1)C(=O)c1c(Cl)cccc1Cl. The summed E-state index contributed by atoms with van der Waals surface area (Å²) in [5, 5.41) is 8.58. The fraction of sp³-hybridized carbons (Fsp3) is 0.118. The molecule has 0 aliphatic rings. The molecule has 24 heavy (non-hydrogen) atoms. The highest BCUT2D eigenvalue weighted by Gasteiger charge is 2.20. The van der Waals surface area contributed by atoms with Crippen LogP contribution in [0.3, 0.4) is 0 Å². The van der Waals surface area contributed by atoms with E-state index in [9.17, 15) is 4.79 Å². The Labute approximate surface area is 148 Å². The summed E-state index contributed by atoms with van der Waals surface area (Å²) in [5.74, 6) is 0.417. The molecule has 3 rings (SSSR count). The fourth-order valence-electron chi connectivity index (χ4n) is 2.18. The molecule has 122 valence electrons. The molecule has 0 aliphatic carbocycles. The van der Waals surface area contributed by atoms with Crippen LogP contribution in [0.2, 0.25) is 10.0 Å². The van der Waals surface area contributed by atoms with Crippen molar-refractivity contribution in [3.63, 3.8) is 0 Å². The summed E-state index contributed by atoms with van der Waals surface area (Å²) in [4.78, 5) is 14.0. The standard InChI is InChI=1S/C17H13Cl2N3O2/c1-22(17(23)15-12(18)8-5-9-13(15)19)10-14-20-21-16(24-14)11-6-3-2-4-7-11/h2-9H,10H2,1H3. The number of carbonyl (C=O) groups excluding carboxylic acids is 1. The quantitative estimate of drug-likeness (QED) is 0.694. The van der Waals surface area contributed by atoms with Crippen LogP contribution in [-0.4, -0.2) is 28.1 Å². The topological polar surface area (TPSA) is 59.2 Å². The minimum Gasteiger partial charge on any atom is -0.419 e. The third-order valence-corrected chi connectivity index (χ3v) is 4.01. The molecular formula is C17H13Cl2N3O2. The van der Waals surface area contributed by atoms with Crippen LogP contribution in [0.1, 0.15) is 16.2 Å². The Balaban J connectivity index is 1.77. The van der Waals surface area contributed by atoms with Gasteiger partial charge in [0.1, 0.15) is 0 Å². The summed E-state index contributed by atoms with van der Waals surface area (Å²) in [6.45, 7) is 0.153. The number of rotatable bonds is 4. The van der Waals surface area contributed by atoms with Crippen molar-refractivity contribution >= 4 is 29.1 Å². The molecule has 0 saturated carbocycles. The fourth-order valence-corrected chi connectivity index (χ4v) is 2.74. The Hall–Kier alpha value is -2.37. The molecule has 1 heterocycles. The average molecular weight is 362 g/mol. The average Bonchev–Trinajstić information content (AvgIpc) is 3.04. The van der Waals surface area contributed by atoms with E-state index in [1.165, 1.54) is 4.90 Å². The lowest BCUT2D eigenvalue weighted by Gasteiger charge is -2.16. The first kappa shape index (κ1) is 16.5. The normalized spacial score (nSPS) is 10.6. The second-order valence-corrected chi connectivity index (χ2v) is 5.94. The summed E-state index contributed by atoms with van der Waals surface area (Å²) in [5.41, 5.74) is 1.07. The highest BCUT2D eigenvalue weighted by Crippen LogP contribution is 2.26. The van der Waals surface area contributed by atoms with Gasteiger partial charge in [-0.15, -0.1) is 10.2 Å². The van der Waals surface area contributed by atoms with E-state index in [2.05, 4.69) is 10.2 Å². The number of hydrogen-bond donors (Lipinski definition) is 0. The number of hydrogen-bond acceptors (Lipinski definition) is 4. The predicted molar refractivity (Wildman–Crippen MR) is 92.0 cm³/mol. The van der Waals surface area contributed by atoms with Gasteiger partial charge in [0.2, 0.25) is 11.8 Å². The zero-order chi connectivity index (χ0) is 17.1. The van der Waals surface area contributed by atoms with Crippen LogP contribution in [0.5, 0.6) is 0 Å². The van der Waals surface area contributed by atoms with Crippen molar-refractivity contribution in [2.24, 2.45) is 0 Å². The maximum absolute atomic E-state index is 12.5. The first-order chi connectivity index (χ1) is 11.6. The van der Waals surface area contributed by atoms with E-state index in [1.807, 2.05) is 30.3 Å². The Bertz CT molecular complexity index is 845. The number of halogens is 2. The molecule has 1 aromatic heterocycles. The molecule has 0 radical (unpaired) electrons. The summed E-state index contributed by atoms with van der Waals surface area (Å²) in [6, 6.07) is 14.3. The van der Waals surface area contributed by atoms with E-state index in [-0.39, 0.29) is 18.0 Å². The molecule has 0 N–H and O–H groups in total. The van der Waals surface area contributed by atoms with E-state index >= 15 is 0 Å². The van der Waals surface area contributed by atoms with E-state index in [0.29, 0.717) is 21.8 Å². The van der Waals surface area contributed by atoms with Crippen LogP contribution in [0.15, 0.2) is 52.9 Å². The van der Waals surface area contributed by atoms with Crippen LogP contribution >= 0.6 is 23.2 Å². The van der Waals surface area contributed by atoms with Gasteiger partial charge < -0.3 is 9.32 Å². The Morgan fingerprint density at radius 3 is 2.38 bits per heavy atom. The number of nitrogens with zero attached hydrogens (tertiary/aromatic N) is 3. The number of benzene rings is 2. The van der Waals surface area contributed by atoms with Gasteiger partial charge >= 0.3 is 0 Å². The molecule has 0 unspecified atom stereocenters.